The third-order valence-corrected chi connectivity index (χ3v) is 3.89. The highest BCUT2D eigenvalue weighted by Gasteiger charge is 2.16. The second kappa shape index (κ2) is 6.50. The average Bonchev–Trinajstić information content (AvgIpc) is 2.43. The van der Waals surface area contributed by atoms with Gasteiger partial charge in [-0.2, -0.15) is 0 Å². The van der Waals surface area contributed by atoms with Gasteiger partial charge in [-0.25, -0.2) is 4.98 Å². The number of anilines is 1. The molecule has 0 aliphatic carbocycles. The van der Waals surface area contributed by atoms with E-state index in [-0.39, 0.29) is 22.1 Å². The molecule has 0 aliphatic rings. The summed E-state index contributed by atoms with van der Waals surface area (Å²) in [4.78, 5) is 26.2. The van der Waals surface area contributed by atoms with Crippen LogP contribution >= 0.6 is 43.5 Å². The van der Waals surface area contributed by atoms with Crippen molar-refractivity contribution in [2.75, 3.05) is 5.32 Å². The van der Waals surface area contributed by atoms with Gasteiger partial charge in [0.15, 0.2) is 0 Å². The van der Waals surface area contributed by atoms with Gasteiger partial charge in [-0.15, -0.1) is 0 Å². The normalized spacial score (nSPS) is 10.2. The first-order chi connectivity index (χ1) is 9.88. The van der Waals surface area contributed by atoms with Gasteiger partial charge in [-0.05, 0) is 44.0 Å². The number of nitro groups is 1. The number of nitrogens with zero attached hydrogens (tertiary/aromatic N) is 2. The molecule has 6 nitrogen and oxygen atoms in total. The minimum Gasteiger partial charge on any atom is -0.321 e. The third kappa shape index (κ3) is 3.78. The van der Waals surface area contributed by atoms with Crippen LogP contribution in [0.2, 0.25) is 5.15 Å². The molecule has 1 aromatic heterocycles. The van der Waals surface area contributed by atoms with Crippen LogP contribution in [0, 0.1) is 10.1 Å². The number of hydrogen-bond donors (Lipinski definition) is 1. The second-order valence-corrected chi connectivity index (χ2v) is 6.00. The van der Waals surface area contributed by atoms with Crippen LogP contribution in [-0.4, -0.2) is 15.8 Å². The number of benzene rings is 1. The molecule has 0 saturated heterocycles. The molecule has 0 bridgehead atoms. The molecule has 108 valence electrons. The maximum absolute atomic E-state index is 12.2. The van der Waals surface area contributed by atoms with E-state index in [0.717, 1.165) is 0 Å². The van der Waals surface area contributed by atoms with E-state index in [2.05, 4.69) is 42.2 Å². The Kier molecular flexibility index (Phi) is 4.92. The summed E-state index contributed by atoms with van der Waals surface area (Å²) in [6.45, 7) is 0. The summed E-state index contributed by atoms with van der Waals surface area (Å²) in [6, 6.07) is 5.57. The maximum atomic E-state index is 12.2. The fourth-order valence-electron chi connectivity index (χ4n) is 1.49. The van der Waals surface area contributed by atoms with Gasteiger partial charge in [0, 0.05) is 27.3 Å². The lowest BCUT2D eigenvalue weighted by Gasteiger charge is -2.08. The summed E-state index contributed by atoms with van der Waals surface area (Å²) < 4.78 is 1.11. The monoisotopic (exact) mass is 433 g/mol. The van der Waals surface area contributed by atoms with Crippen LogP contribution in [0.1, 0.15) is 10.4 Å². The minimum atomic E-state index is -0.546. The number of amides is 1. The summed E-state index contributed by atoms with van der Waals surface area (Å²) in [6.07, 6.45) is 1.46. The Bertz CT molecular complexity index is 740. The van der Waals surface area contributed by atoms with E-state index in [9.17, 15) is 14.9 Å². The summed E-state index contributed by atoms with van der Waals surface area (Å²) >= 11 is 12.3. The predicted octanol–water partition coefficient (Wildman–Crippen LogP) is 4.42. The zero-order valence-electron chi connectivity index (χ0n) is 10.1. The Labute approximate surface area is 140 Å². The molecule has 0 spiro atoms. The van der Waals surface area contributed by atoms with E-state index in [1.807, 2.05) is 0 Å². The lowest BCUT2D eigenvalue weighted by molar-refractivity contribution is -0.384. The van der Waals surface area contributed by atoms with E-state index in [4.69, 9.17) is 11.6 Å². The van der Waals surface area contributed by atoms with E-state index >= 15 is 0 Å². The van der Waals surface area contributed by atoms with Crippen molar-refractivity contribution in [1.82, 2.24) is 4.98 Å². The van der Waals surface area contributed by atoms with E-state index in [1.165, 1.54) is 30.5 Å². The highest BCUT2D eigenvalue weighted by atomic mass is 79.9. The zero-order chi connectivity index (χ0) is 15.6. The molecular formula is C12H6Br2ClN3O3. The first-order valence-electron chi connectivity index (χ1n) is 5.45. The van der Waals surface area contributed by atoms with Crippen LogP contribution in [0.4, 0.5) is 11.4 Å². The van der Waals surface area contributed by atoms with Gasteiger partial charge in [0.05, 0.1) is 16.2 Å². The summed E-state index contributed by atoms with van der Waals surface area (Å²) in [5.41, 5.74) is 0.293. The SMILES string of the molecule is O=C(Nc1cc([N+](=O)[O-])ccc1Br)c1cc(Br)cnc1Cl. The van der Waals surface area contributed by atoms with Crippen LogP contribution in [0.15, 0.2) is 39.4 Å². The van der Waals surface area contributed by atoms with Crippen molar-refractivity contribution in [3.63, 3.8) is 0 Å². The van der Waals surface area contributed by atoms with Gasteiger partial charge < -0.3 is 5.32 Å². The Hall–Kier alpha value is -1.51. The summed E-state index contributed by atoms with van der Waals surface area (Å²) in [5.74, 6) is -0.519. The molecule has 1 amide bonds. The molecule has 21 heavy (non-hydrogen) atoms. The first kappa shape index (κ1) is 15.9. The number of hydrogen-bond acceptors (Lipinski definition) is 4. The average molecular weight is 435 g/mol. The first-order valence-corrected chi connectivity index (χ1v) is 7.41. The van der Waals surface area contributed by atoms with Crippen molar-refractivity contribution in [1.29, 1.82) is 0 Å². The van der Waals surface area contributed by atoms with Crippen LogP contribution < -0.4 is 5.32 Å². The number of carbonyl (C=O) groups is 1. The van der Waals surface area contributed by atoms with Crippen molar-refractivity contribution in [3.8, 4) is 0 Å². The van der Waals surface area contributed by atoms with Crippen LogP contribution in [0.3, 0.4) is 0 Å². The van der Waals surface area contributed by atoms with Gasteiger partial charge in [0.25, 0.3) is 11.6 Å². The largest absolute Gasteiger partial charge is 0.321 e. The Morgan fingerprint density at radius 1 is 1.33 bits per heavy atom. The molecule has 2 aromatic rings. The smallest absolute Gasteiger partial charge is 0.271 e. The molecule has 1 aromatic carbocycles. The number of pyridine rings is 1. The van der Waals surface area contributed by atoms with Crippen molar-refractivity contribution < 1.29 is 9.72 Å². The lowest BCUT2D eigenvalue weighted by atomic mass is 10.2. The number of halogens is 3. The predicted molar refractivity (Wildman–Crippen MR) is 85.7 cm³/mol. The Balaban J connectivity index is 2.33. The zero-order valence-corrected chi connectivity index (χ0v) is 14.1. The van der Waals surface area contributed by atoms with Gasteiger partial charge in [0.1, 0.15) is 5.15 Å². The fraction of sp³-hybridized carbons (Fsp3) is 0. The highest BCUT2D eigenvalue weighted by molar-refractivity contribution is 9.10. The van der Waals surface area contributed by atoms with Gasteiger partial charge in [-0.3, -0.25) is 14.9 Å². The molecule has 0 atom stereocenters. The quantitative estimate of drug-likeness (QED) is 0.439. The van der Waals surface area contributed by atoms with E-state index in [1.54, 1.807) is 0 Å². The maximum Gasteiger partial charge on any atom is 0.271 e. The van der Waals surface area contributed by atoms with Crippen molar-refractivity contribution in [3.05, 3.63) is 60.2 Å². The van der Waals surface area contributed by atoms with Crippen LogP contribution in [0.25, 0.3) is 0 Å². The molecule has 1 heterocycles. The van der Waals surface area contributed by atoms with Crippen molar-refractivity contribution in [2.24, 2.45) is 0 Å². The Morgan fingerprint density at radius 3 is 2.71 bits per heavy atom. The molecule has 0 unspecified atom stereocenters. The van der Waals surface area contributed by atoms with Gasteiger partial charge in [0.2, 0.25) is 0 Å². The molecule has 2 rings (SSSR count). The Morgan fingerprint density at radius 2 is 2.05 bits per heavy atom. The summed E-state index contributed by atoms with van der Waals surface area (Å²) in [7, 11) is 0. The van der Waals surface area contributed by atoms with Crippen molar-refractivity contribution >= 4 is 60.7 Å². The summed E-state index contributed by atoms with van der Waals surface area (Å²) in [5, 5.41) is 13.4. The highest BCUT2D eigenvalue weighted by Crippen LogP contribution is 2.28. The molecule has 1 N–H and O–H groups in total. The van der Waals surface area contributed by atoms with E-state index in [0.29, 0.717) is 8.95 Å². The molecule has 0 fully saturated rings. The molecule has 0 aliphatic heterocycles. The van der Waals surface area contributed by atoms with E-state index < -0.39 is 10.8 Å². The number of carbonyl (C=O) groups excluding carboxylic acids is 1. The molecule has 0 radical (unpaired) electrons. The standard InChI is InChI=1S/C12H6Br2ClN3O3/c13-6-3-8(11(15)16-5-6)12(19)17-10-4-7(18(20)21)1-2-9(10)14/h1-5H,(H,17,19). The topological polar surface area (TPSA) is 85.1 Å². The molecule has 0 saturated carbocycles. The minimum absolute atomic E-state index is 0.0391. The molecule has 9 heteroatoms. The fourth-order valence-corrected chi connectivity index (χ4v) is 2.36. The second-order valence-electron chi connectivity index (χ2n) is 3.87. The number of rotatable bonds is 3. The van der Waals surface area contributed by atoms with Crippen LogP contribution in [0.5, 0.6) is 0 Å². The number of nitro benzene ring substituents is 1. The van der Waals surface area contributed by atoms with Crippen molar-refractivity contribution in [2.45, 2.75) is 0 Å². The number of nitrogens with one attached hydrogen (secondary N) is 1. The number of non-ortho nitro benzene ring substituents is 1. The van der Waals surface area contributed by atoms with Crippen LogP contribution in [-0.2, 0) is 0 Å². The van der Waals surface area contributed by atoms with Gasteiger partial charge >= 0.3 is 0 Å². The van der Waals surface area contributed by atoms with Gasteiger partial charge in [-0.1, -0.05) is 11.6 Å². The third-order valence-electron chi connectivity index (χ3n) is 2.46. The number of aromatic nitrogens is 1. The lowest BCUT2D eigenvalue weighted by Crippen LogP contribution is -2.13. The molecular weight excluding hydrogens is 429 g/mol.